The van der Waals surface area contributed by atoms with Crippen LogP contribution in [0.15, 0.2) is 12.3 Å². The molecule has 3 N–H and O–H groups in total. The molecule has 1 fully saturated rings. The van der Waals surface area contributed by atoms with Gasteiger partial charge in [-0.1, -0.05) is 18.0 Å². The zero-order valence-electron chi connectivity index (χ0n) is 10.7. The smallest absolute Gasteiger partial charge is 0.270 e. The van der Waals surface area contributed by atoms with Crippen LogP contribution in [0.1, 0.15) is 36.7 Å². The lowest BCUT2D eigenvalue weighted by Crippen LogP contribution is -2.44. The number of carbonyl (C=O) groups is 1. The van der Waals surface area contributed by atoms with Gasteiger partial charge in [-0.15, -0.1) is 0 Å². The summed E-state index contributed by atoms with van der Waals surface area (Å²) >= 11 is 5.85. The lowest BCUT2D eigenvalue weighted by Gasteiger charge is -2.31. The summed E-state index contributed by atoms with van der Waals surface area (Å²) in [6.07, 6.45) is 4.96. The zero-order chi connectivity index (χ0) is 13.1. The maximum absolute atomic E-state index is 12.4. The summed E-state index contributed by atoms with van der Waals surface area (Å²) in [6.45, 7) is 3.37. The van der Waals surface area contributed by atoms with Gasteiger partial charge >= 0.3 is 0 Å². The third-order valence-corrected chi connectivity index (χ3v) is 4.02. The maximum atomic E-state index is 12.4. The van der Waals surface area contributed by atoms with Crippen molar-refractivity contribution >= 4 is 17.5 Å². The molecule has 0 radical (unpaired) electrons. The van der Waals surface area contributed by atoms with Crippen molar-refractivity contribution in [2.45, 2.75) is 32.2 Å². The number of rotatable bonds is 4. The van der Waals surface area contributed by atoms with E-state index >= 15 is 0 Å². The molecular formula is C13H20ClN3O. The topological polar surface area (TPSA) is 62.1 Å². The molecule has 18 heavy (non-hydrogen) atoms. The normalized spacial score (nSPS) is 23.3. The quantitative estimate of drug-likeness (QED) is 0.881. The molecule has 2 rings (SSSR count). The summed E-state index contributed by atoms with van der Waals surface area (Å²) in [6, 6.07) is 1.95. The van der Waals surface area contributed by atoms with Crippen LogP contribution in [0.25, 0.3) is 0 Å². The van der Waals surface area contributed by atoms with Gasteiger partial charge in [0.2, 0.25) is 0 Å². The summed E-state index contributed by atoms with van der Waals surface area (Å²) in [4.78, 5) is 17.3. The maximum Gasteiger partial charge on any atom is 0.270 e. The molecule has 0 aromatic carbocycles. The van der Waals surface area contributed by atoms with Crippen LogP contribution in [-0.4, -0.2) is 34.9 Å². The van der Waals surface area contributed by atoms with Crippen molar-refractivity contribution in [3.63, 3.8) is 0 Å². The van der Waals surface area contributed by atoms with Crippen molar-refractivity contribution in [3.8, 4) is 0 Å². The van der Waals surface area contributed by atoms with Crippen molar-refractivity contribution in [3.05, 3.63) is 23.0 Å². The predicted octanol–water partition coefficient (Wildman–Crippen LogP) is 2.26. The average molecular weight is 270 g/mol. The molecule has 1 aromatic rings. The highest BCUT2D eigenvalue weighted by Crippen LogP contribution is 2.30. The number of nitrogens with one attached hydrogen (secondary N) is 1. The minimum atomic E-state index is 0.0229. The van der Waals surface area contributed by atoms with E-state index in [1.807, 2.05) is 11.8 Å². The molecule has 2 atom stereocenters. The van der Waals surface area contributed by atoms with E-state index in [4.69, 9.17) is 17.3 Å². The SMILES string of the molecule is CCN(C(=O)c1cc(Cl)c[nH]1)C1CCCC1CN. The van der Waals surface area contributed by atoms with Gasteiger partial charge in [-0.05, 0) is 38.3 Å². The largest absolute Gasteiger partial charge is 0.356 e. The van der Waals surface area contributed by atoms with Gasteiger partial charge in [0.1, 0.15) is 5.69 Å². The number of hydrogen-bond donors (Lipinski definition) is 2. The minimum absolute atomic E-state index is 0.0229. The first-order chi connectivity index (χ1) is 8.67. The van der Waals surface area contributed by atoms with Gasteiger partial charge in [-0.25, -0.2) is 0 Å². The van der Waals surface area contributed by atoms with Gasteiger partial charge in [0.05, 0.1) is 5.02 Å². The van der Waals surface area contributed by atoms with Crippen LogP contribution in [0.4, 0.5) is 0 Å². The molecule has 2 unspecified atom stereocenters. The summed E-state index contributed by atoms with van der Waals surface area (Å²) in [7, 11) is 0. The van der Waals surface area contributed by atoms with Crippen LogP contribution in [-0.2, 0) is 0 Å². The van der Waals surface area contributed by atoms with Crippen molar-refractivity contribution < 1.29 is 4.79 Å². The van der Waals surface area contributed by atoms with E-state index in [2.05, 4.69) is 4.98 Å². The fourth-order valence-corrected chi connectivity index (χ4v) is 3.04. The van der Waals surface area contributed by atoms with E-state index in [-0.39, 0.29) is 11.9 Å². The summed E-state index contributed by atoms with van der Waals surface area (Å²) < 4.78 is 0. The van der Waals surface area contributed by atoms with Gasteiger partial charge in [0.25, 0.3) is 5.91 Å². The molecule has 4 nitrogen and oxygen atoms in total. The van der Waals surface area contributed by atoms with Gasteiger partial charge in [-0.2, -0.15) is 0 Å². The first-order valence-electron chi connectivity index (χ1n) is 6.52. The highest BCUT2D eigenvalue weighted by atomic mass is 35.5. The molecule has 1 saturated carbocycles. The Bertz CT molecular complexity index is 418. The summed E-state index contributed by atoms with van der Waals surface area (Å²) in [5.74, 6) is 0.453. The van der Waals surface area contributed by atoms with Crippen molar-refractivity contribution in [1.29, 1.82) is 0 Å². The Morgan fingerprint density at radius 3 is 2.94 bits per heavy atom. The number of halogens is 1. The molecule has 0 spiro atoms. The van der Waals surface area contributed by atoms with Gasteiger partial charge in [0, 0.05) is 18.8 Å². The Kier molecular flexibility index (Phi) is 4.30. The van der Waals surface area contributed by atoms with Crippen molar-refractivity contribution in [2.75, 3.05) is 13.1 Å². The summed E-state index contributed by atoms with van der Waals surface area (Å²) in [5.41, 5.74) is 6.35. The van der Waals surface area contributed by atoms with Crippen LogP contribution >= 0.6 is 11.6 Å². The Balaban J connectivity index is 2.15. The molecular weight excluding hydrogens is 250 g/mol. The molecule has 1 heterocycles. The second-order valence-corrected chi connectivity index (χ2v) is 5.25. The first kappa shape index (κ1) is 13.4. The third-order valence-electron chi connectivity index (χ3n) is 3.80. The van der Waals surface area contributed by atoms with Gasteiger partial charge < -0.3 is 15.6 Å². The Labute approximate surface area is 112 Å². The lowest BCUT2D eigenvalue weighted by molar-refractivity contribution is 0.0646. The summed E-state index contributed by atoms with van der Waals surface area (Å²) in [5, 5.41) is 0.566. The molecule has 1 aromatic heterocycles. The molecule has 5 heteroatoms. The van der Waals surface area contributed by atoms with Crippen LogP contribution < -0.4 is 5.73 Å². The fraction of sp³-hybridized carbons (Fsp3) is 0.615. The second kappa shape index (κ2) is 5.76. The van der Waals surface area contributed by atoms with E-state index in [1.54, 1.807) is 12.3 Å². The number of amides is 1. The molecule has 1 aliphatic rings. The number of aromatic nitrogens is 1. The zero-order valence-corrected chi connectivity index (χ0v) is 11.4. The van der Waals surface area contributed by atoms with Crippen LogP contribution in [0.3, 0.4) is 0 Å². The van der Waals surface area contributed by atoms with Gasteiger partial charge in [-0.3, -0.25) is 4.79 Å². The monoisotopic (exact) mass is 269 g/mol. The fourth-order valence-electron chi connectivity index (χ4n) is 2.88. The number of nitrogens with zero attached hydrogens (tertiary/aromatic N) is 1. The lowest BCUT2D eigenvalue weighted by atomic mass is 10.0. The second-order valence-electron chi connectivity index (χ2n) is 4.82. The molecule has 0 saturated heterocycles. The van der Waals surface area contributed by atoms with E-state index in [0.717, 1.165) is 19.3 Å². The van der Waals surface area contributed by atoms with Crippen LogP contribution in [0, 0.1) is 5.92 Å². The molecule has 0 aliphatic heterocycles. The van der Waals surface area contributed by atoms with Crippen molar-refractivity contribution in [1.82, 2.24) is 9.88 Å². The Hall–Kier alpha value is -1.00. The third kappa shape index (κ3) is 2.54. The van der Waals surface area contributed by atoms with Gasteiger partial charge in [0.15, 0.2) is 0 Å². The molecule has 1 aliphatic carbocycles. The van der Waals surface area contributed by atoms with E-state index in [9.17, 15) is 4.79 Å². The number of carbonyl (C=O) groups excluding carboxylic acids is 1. The molecule has 0 bridgehead atoms. The number of hydrogen-bond acceptors (Lipinski definition) is 2. The Morgan fingerprint density at radius 1 is 1.61 bits per heavy atom. The van der Waals surface area contributed by atoms with E-state index in [0.29, 0.717) is 29.7 Å². The van der Waals surface area contributed by atoms with Crippen LogP contribution in [0.5, 0.6) is 0 Å². The molecule has 100 valence electrons. The highest BCUT2D eigenvalue weighted by Gasteiger charge is 2.33. The highest BCUT2D eigenvalue weighted by molar-refractivity contribution is 6.30. The van der Waals surface area contributed by atoms with E-state index < -0.39 is 0 Å². The number of aromatic amines is 1. The van der Waals surface area contributed by atoms with Crippen molar-refractivity contribution in [2.24, 2.45) is 11.7 Å². The standard InChI is InChI=1S/C13H20ClN3O/c1-2-17(12-5-3-4-9(12)7-15)13(18)11-6-10(14)8-16-11/h6,8-9,12,16H,2-5,7,15H2,1H3. The van der Waals surface area contributed by atoms with Crippen LogP contribution in [0.2, 0.25) is 5.02 Å². The predicted molar refractivity (Wildman–Crippen MR) is 72.7 cm³/mol. The Morgan fingerprint density at radius 2 is 2.39 bits per heavy atom. The minimum Gasteiger partial charge on any atom is -0.356 e. The first-order valence-corrected chi connectivity index (χ1v) is 6.90. The van der Waals surface area contributed by atoms with E-state index in [1.165, 1.54) is 0 Å². The average Bonchev–Trinajstić information content (AvgIpc) is 2.98. The number of nitrogens with two attached hydrogens (primary N) is 1. The number of H-pyrrole nitrogens is 1. The molecule has 1 amide bonds.